The van der Waals surface area contributed by atoms with Gasteiger partial charge in [-0.25, -0.2) is 10.8 Å². The summed E-state index contributed by atoms with van der Waals surface area (Å²) in [5.74, 6) is 5.88. The molecule has 0 bridgehead atoms. The number of pyridine rings is 2. The number of nitrogens with two attached hydrogens (primary N) is 1. The van der Waals surface area contributed by atoms with Crippen molar-refractivity contribution in [3.05, 3.63) is 54.0 Å². The van der Waals surface area contributed by atoms with Gasteiger partial charge in [0.05, 0.1) is 0 Å². The molecule has 2 aromatic rings. The molecule has 0 aliphatic heterocycles. The summed E-state index contributed by atoms with van der Waals surface area (Å²) >= 11 is 0. The smallest absolute Gasteiger partial charge is 0.275 e. The highest BCUT2D eigenvalue weighted by atomic mass is 16.1. The molecule has 0 spiro atoms. The van der Waals surface area contributed by atoms with Crippen molar-refractivity contribution >= 4 is 17.6 Å². The number of nitrogens with one attached hydrogen (secondary N) is 2. The van der Waals surface area contributed by atoms with E-state index < -0.39 is 0 Å². The maximum Gasteiger partial charge on any atom is 0.275 e. The quantitative estimate of drug-likeness (QED) is 0.344. The van der Waals surface area contributed by atoms with Crippen molar-refractivity contribution in [2.45, 2.75) is 19.9 Å². The standard InChI is InChI=1S/C15H18N6O/c1-10(2)21(17)14(16)11-7-5-8-13(19-11)20-15(22)12-6-3-4-9-18-12/h3-10,16H,17H2,1-2H3,(H,19,20,22). The van der Waals surface area contributed by atoms with E-state index in [1.807, 2.05) is 13.8 Å². The Hall–Kier alpha value is -2.80. The molecular formula is C15H18N6O. The molecule has 0 unspecified atom stereocenters. The van der Waals surface area contributed by atoms with E-state index in [-0.39, 0.29) is 17.8 Å². The van der Waals surface area contributed by atoms with Crippen molar-refractivity contribution in [2.24, 2.45) is 5.84 Å². The minimum Gasteiger partial charge on any atom is -0.305 e. The van der Waals surface area contributed by atoms with Crippen LogP contribution in [0.25, 0.3) is 0 Å². The third kappa shape index (κ3) is 3.64. The summed E-state index contributed by atoms with van der Waals surface area (Å²) in [5, 5.41) is 12.0. The first kappa shape index (κ1) is 15.6. The second-order valence-electron chi connectivity index (χ2n) is 4.93. The summed E-state index contributed by atoms with van der Waals surface area (Å²) in [6.45, 7) is 3.75. The van der Waals surface area contributed by atoms with Gasteiger partial charge in [0, 0.05) is 12.2 Å². The average Bonchev–Trinajstić information content (AvgIpc) is 2.54. The van der Waals surface area contributed by atoms with Crippen molar-refractivity contribution in [1.29, 1.82) is 5.41 Å². The van der Waals surface area contributed by atoms with Crippen LogP contribution in [0.3, 0.4) is 0 Å². The fourth-order valence-corrected chi connectivity index (χ4v) is 1.70. The van der Waals surface area contributed by atoms with E-state index in [1.165, 1.54) is 5.01 Å². The van der Waals surface area contributed by atoms with E-state index in [9.17, 15) is 4.79 Å². The van der Waals surface area contributed by atoms with Gasteiger partial charge in [-0.05, 0) is 38.1 Å². The molecule has 2 heterocycles. The zero-order chi connectivity index (χ0) is 16.1. The first-order valence-electron chi connectivity index (χ1n) is 6.81. The van der Waals surface area contributed by atoms with Gasteiger partial charge in [-0.15, -0.1) is 0 Å². The zero-order valence-corrected chi connectivity index (χ0v) is 12.4. The van der Waals surface area contributed by atoms with E-state index in [0.717, 1.165) is 0 Å². The molecule has 2 aromatic heterocycles. The van der Waals surface area contributed by atoms with Crippen molar-refractivity contribution in [3.8, 4) is 0 Å². The molecule has 0 aliphatic rings. The average molecular weight is 298 g/mol. The molecular weight excluding hydrogens is 280 g/mol. The van der Waals surface area contributed by atoms with Gasteiger partial charge in [-0.3, -0.25) is 20.2 Å². The largest absolute Gasteiger partial charge is 0.305 e. The number of hydrazine groups is 1. The van der Waals surface area contributed by atoms with Gasteiger partial charge in [0.25, 0.3) is 5.91 Å². The molecule has 7 nitrogen and oxygen atoms in total. The SMILES string of the molecule is CC(C)N(N)C(=N)c1cccc(NC(=O)c2ccccn2)n1. The highest BCUT2D eigenvalue weighted by Crippen LogP contribution is 2.09. The topological polar surface area (TPSA) is 108 Å². The van der Waals surface area contributed by atoms with Gasteiger partial charge >= 0.3 is 0 Å². The second kappa shape index (κ2) is 6.77. The molecule has 0 saturated heterocycles. The Morgan fingerprint density at radius 3 is 2.59 bits per heavy atom. The highest BCUT2D eigenvalue weighted by molar-refractivity contribution is 6.02. The lowest BCUT2D eigenvalue weighted by Gasteiger charge is -2.23. The second-order valence-corrected chi connectivity index (χ2v) is 4.93. The maximum absolute atomic E-state index is 12.0. The van der Waals surface area contributed by atoms with Gasteiger partial charge in [0.15, 0.2) is 5.84 Å². The van der Waals surface area contributed by atoms with Gasteiger partial charge in [0.1, 0.15) is 17.2 Å². The number of rotatable bonds is 4. The summed E-state index contributed by atoms with van der Waals surface area (Å²) < 4.78 is 0. The number of amidine groups is 1. The zero-order valence-electron chi connectivity index (χ0n) is 12.4. The van der Waals surface area contributed by atoms with Crippen LogP contribution in [0.1, 0.15) is 30.0 Å². The van der Waals surface area contributed by atoms with Crippen LogP contribution in [0.5, 0.6) is 0 Å². The molecule has 1 amide bonds. The van der Waals surface area contributed by atoms with Gasteiger partial charge < -0.3 is 5.32 Å². The number of carbonyl (C=O) groups is 1. The minimum atomic E-state index is -0.356. The molecule has 114 valence electrons. The molecule has 7 heteroatoms. The summed E-state index contributed by atoms with van der Waals surface area (Å²) in [5.41, 5.74) is 0.683. The maximum atomic E-state index is 12.0. The Bertz CT molecular complexity index is 671. The van der Waals surface area contributed by atoms with Crippen molar-refractivity contribution < 1.29 is 4.79 Å². The molecule has 0 aliphatic carbocycles. The number of aromatic nitrogens is 2. The third-order valence-corrected chi connectivity index (χ3v) is 2.95. The Kier molecular flexibility index (Phi) is 4.80. The van der Waals surface area contributed by atoms with Crippen LogP contribution in [0, 0.1) is 5.41 Å². The van der Waals surface area contributed by atoms with E-state index in [1.54, 1.807) is 42.6 Å². The first-order valence-corrected chi connectivity index (χ1v) is 6.81. The Morgan fingerprint density at radius 1 is 1.23 bits per heavy atom. The minimum absolute atomic E-state index is 0.0268. The van der Waals surface area contributed by atoms with Crippen LogP contribution in [0.4, 0.5) is 5.82 Å². The monoisotopic (exact) mass is 298 g/mol. The normalized spacial score (nSPS) is 10.4. The Labute approximate surface area is 128 Å². The summed E-state index contributed by atoms with van der Waals surface area (Å²) in [4.78, 5) is 20.2. The van der Waals surface area contributed by atoms with Crippen molar-refractivity contribution in [3.63, 3.8) is 0 Å². The summed E-state index contributed by atoms with van der Waals surface area (Å²) in [6.07, 6.45) is 1.55. The van der Waals surface area contributed by atoms with Gasteiger partial charge in [-0.1, -0.05) is 12.1 Å². The third-order valence-electron chi connectivity index (χ3n) is 2.95. The number of carbonyl (C=O) groups excluding carboxylic acids is 1. The lowest BCUT2D eigenvalue weighted by atomic mass is 10.2. The summed E-state index contributed by atoms with van der Waals surface area (Å²) in [6, 6.07) is 10.1. The molecule has 0 atom stereocenters. The van der Waals surface area contributed by atoms with E-state index in [4.69, 9.17) is 11.3 Å². The van der Waals surface area contributed by atoms with Crippen LogP contribution in [0.2, 0.25) is 0 Å². The van der Waals surface area contributed by atoms with Crippen LogP contribution >= 0.6 is 0 Å². The molecule has 2 rings (SSSR count). The first-order chi connectivity index (χ1) is 10.5. The predicted molar refractivity (Wildman–Crippen MR) is 84.4 cm³/mol. The number of amides is 1. The summed E-state index contributed by atoms with van der Waals surface area (Å²) in [7, 11) is 0. The lowest BCUT2D eigenvalue weighted by molar-refractivity contribution is 0.102. The Balaban J connectivity index is 2.15. The van der Waals surface area contributed by atoms with E-state index >= 15 is 0 Å². The van der Waals surface area contributed by atoms with Gasteiger partial charge in [-0.2, -0.15) is 0 Å². The lowest BCUT2D eigenvalue weighted by Crippen LogP contribution is -2.43. The molecule has 22 heavy (non-hydrogen) atoms. The highest BCUT2D eigenvalue weighted by Gasteiger charge is 2.14. The number of anilines is 1. The molecule has 0 fully saturated rings. The fourth-order valence-electron chi connectivity index (χ4n) is 1.70. The van der Waals surface area contributed by atoms with E-state index in [2.05, 4.69) is 15.3 Å². The van der Waals surface area contributed by atoms with E-state index in [0.29, 0.717) is 17.2 Å². The van der Waals surface area contributed by atoms with Crippen LogP contribution in [0.15, 0.2) is 42.6 Å². The number of hydrogen-bond acceptors (Lipinski definition) is 5. The molecule has 0 saturated carbocycles. The molecule has 0 radical (unpaired) electrons. The van der Waals surface area contributed by atoms with Crippen LogP contribution in [-0.2, 0) is 0 Å². The van der Waals surface area contributed by atoms with Crippen molar-refractivity contribution in [1.82, 2.24) is 15.0 Å². The molecule has 0 aromatic carbocycles. The van der Waals surface area contributed by atoms with Crippen LogP contribution in [-0.4, -0.2) is 32.8 Å². The molecule has 4 N–H and O–H groups in total. The fraction of sp³-hybridized carbons (Fsp3) is 0.200. The number of nitrogens with zero attached hydrogens (tertiary/aromatic N) is 3. The Morgan fingerprint density at radius 2 is 1.95 bits per heavy atom. The predicted octanol–water partition coefficient (Wildman–Crippen LogP) is 1.64. The van der Waals surface area contributed by atoms with Crippen LogP contribution < -0.4 is 11.2 Å². The van der Waals surface area contributed by atoms with Gasteiger partial charge in [0.2, 0.25) is 0 Å². The van der Waals surface area contributed by atoms with Crippen molar-refractivity contribution in [2.75, 3.05) is 5.32 Å². The number of hydrogen-bond donors (Lipinski definition) is 3.